The molecule has 4 nitrogen and oxygen atoms in total. The first-order valence-corrected chi connectivity index (χ1v) is 6.81. The van der Waals surface area contributed by atoms with Crippen molar-refractivity contribution < 1.29 is 4.79 Å². The predicted molar refractivity (Wildman–Crippen MR) is 72.9 cm³/mol. The van der Waals surface area contributed by atoms with Crippen molar-refractivity contribution in [1.29, 1.82) is 0 Å². The first kappa shape index (κ1) is 16.4. The van der Waals surface area contributed by atoms with Gasteiger partial charge in [-0.1, -0.05) is 20.8 Å². The SMILES string of the molecule is CCN(CC)CCCN(CC)C(=O)C(C)CN. The summed E-state index contributed by atoms with van der Waals surface area (Å²) in [5.41, 5.74) is 5.53. The predicted octanol–water partition coefficient (Wildman–Crippen LogP) is 1.16. The van der Waals surface area contributed by atoms with Crippen LogP contribution in [0.2, 0.25) is 0 Å². The van der Waals surface area contributed by atoms with E-state index in [1.54, 1.807) is 0 Å². The molecule has 17 heavy (non-hydrogen) atoms. The van der Waals surface area contributed by atoms with E-state index in [9.17, 15) is 4.79 Å². The standard InChI is InChI=1S/C13H29N3O/c1-5-15(6-2)9-8-10-16(7-3)13(17)12(4)11-14/h12H,5-11,14H2,1-4H3. The molecule has 2 N–H and O–H groups in total. The summed E-state index contributed by atoms with van der Waals surface area (Å²) >= 11 is 0. The van der Waals surface area contributed by atoms with Crippen molar-refractivity contribution in [3.8, 4) is 0 Å². The summed E-state index contributed by atoms with van der Waals surface area (Å²) in [6, 6.07) is 0. The highest BCUT2D eigenvalue weighted by atomic mass is 16.2. The second kappa shape index (κ2) is 9.42. The third-order valence-corrected chi connectivity index (χ3v) is 3.27. The minimum Gasteiger partial charge on any atom is -0.343 e. The van der Waals surface area contributed by atoms with Gasteiger partial charge in [0.15, 0.2) is 0 Å². The summed E-state index contributed by atoms with van der Waals surface area (Å²) in [5.74, 6) is 0.137. The Bertz CT molecular complexity index is 205. The van der Waals surface area contributed by atoms with Gasteiger partial charge in [-0.3, -0.25) is 4.79 Å². The van der Waals surface area contributed by atoms with Crippen molar-refractivity contribution >= 4 is 5.91 Å². The number of amides is 1. The molecule has 0 bridgehead atoms. The molecule has 0 spiro atoms. The van der Waals surface area contributed by atoms with Crippen LogP contribution in [-0.2, 0) is 4.79 Å². The number of carbonyl (C=O) groups excluding carboxylic acids is 1. The molecular weight excluding hydrogens is 214 g/mol. The van der Waals surface area contributed by atoms with E-state index < -0.39 is 0 Å². The lowest BCUT2D eigenvalue weighted by Crippen LogP contribution is -2.39. The largest absolute Gasteiger partial charge is 0.343 e. The number of carbonyl (C=O) groups is 1. The van der Waals surface area contributed by atoms with Crippen LogP contribution in [-0.4, -0.2) is 55.0 Å². The highest BCUT2D eigenvalue weighted by Gasteiger charge is 2.17. The van der Waals surface area contributed by atoms with Crippen molar-refractivity contribution in [2.75, 3.05) is 39.3 Å². The molecule has 0 aliphatic carbocycles. The zero-order valence-electron chi connectivity index (χ0n) is 11.9. The van der Waals surface area contributed by atoms with Crippen molar-refractivity contribution in [1.82, 2.24) is 9.80 Å². The first-order valence-electron chi connectivity index (χ1n) is 6.81. The fraction of sp³-hybridized carbons (Fsp3) is 0.923. The molecule has 0 heterocycles. The van der Waals surface area contributed by atoms with Crippen LogP contribution in [0.3, 0.4) is 0 Å². The van der Waals surface area contributed by atoms with Crippen molar-refractivity contribution in [2.45, 2.75) is 34.1 Å². The minimum absolute atomic E-state index is 0.0524. The fourth-order valence-electron chi connectivity index (χ4n) is 1.86. The van der Waals surface area contributed by atoms with E-state index in [1.807, 2.05) is 18.7 Å². The molecule has 0 aromatic rings. The normalized spacial score (nSPS) is 12.8. The van der Waals surface area contributed by atoms with Crippen molar-refractivity contribution in [3.63, 3.8) is 0 Å². The lowest BCUT2D eigenvalue weighted by Gasteiger charge is -2.25. The van der Waals surface area contributed by atoms with Crippen LogP contribution >= 0.6 is 0 Å². The molecule has 0 aromatic heterocycles. The van der Waals surface area contributed by atoms with Gasteiger partial charge in [-0.05, 0) is 33.0 Å². The highest BCUT2D eigenvalue weighted by Crippen LogP contribution is 2.02. The van der Waals surface area contributed by atoms with Gasteiger partial charge in [0.05, 0.1) is 0 Å². The van der Waals surface area contributed by atoms with Crippen LogP contribution in [0.5, 0.6) is 0 Å². The maximum atomic E-state index is 12.0. The van der Waals surface area contributed by atoms with Crippen LogP contribution in [0.1, 0.15) is 34.1 Å². The molecule has 0 aromatic carbocycles. The van der Waals surface area contributed by atoms with Gasteiger partial charge in [0.2, 0.25) is 5.91 Å². The van der Waals surface area contributed by atoms with Crippen LogP contribution in [0, 0.1) is 5.92 Å². The molecule has 0 radical (unpaired) electrons. The average molecular weight is 243 g/mol. The molecule has 1 atom stereocenters. The average Bonchev–Trinajstić information content (AvgIpc) is 2.37. The summed E-state index contributed by atoms with van der Waals surface area (Å²) in [7, 11) is 0. The van der Waals surface area contributed by atoms with Gasteiger partial charge in [0, 0.05) is 25.6 Å². The van der Waals surface area contributed by atoms with Gasteiger partial charge in [-0.2, -0.15) is 0 Å². The maximum absolute atomic E-state index is 12.0. The topological polar surface area (TPSA) is 49.6 Å². The van der Waals surface area contributed by atoms with Crippen LogP contribution < -0.4 is 5.73 Å². The smallest absolute Gasteiger partial charge is 0.226 e. The lowest BCUT2D eigenvalue weighted by molar-refractivity contribution is -0.134. The van der Waals surface area contributed by atoms with Crippen LogP contribution in [0.15, 0.2) is 0 Å². The van der Waals surface area contributed by atoms with Gasteiger partial charge in [-0.25, -0.2) is 0 Å². The number of nitrogens with two attached hydrogens (primary N) is 1. The zero-order valence-corrected chi connectivity index (χ0v) is 11.9. The van der Waals surface area contributed by atoms with Gasteiger partial charge in [0.1, 0.15) is 0 Å². The summed E-state index contributed by atoms with van der Waals surface area (Å²) in [4.78, 5) is 16.2. The van der Waals surface area contributed by atoms with E-state index in [0.717, 1.165) is 39.1 Å². The molecule has 0 saturated carbocycles. The molecule has 4 heteroatoms. The molecule has 0 aliphatic heterocycles. The van der Waals surface area contributed by atoms with Gasteiger partial charge >= 0.3 is 0 Å². The molecule has 1 amide bonds. The lowest BCUT2D eigenvalue weighted by atomic mass is 10.1. The zero-order chi connectivity index (χ0) is 13.3. The molecule has 102 valence electrons. The summed E-state index contributed by atoms with van der Waals surface area (Å²) in [6.45, 7) is 13.5. The van der Waals surface area contributed by atoms with E-state index in [0.29, 0.717) is 6.54 Å². The van der Waals surface area contributed by atoms with Gasteiger partial charge in [-0.15, -0.1) is 0 Å². The summed E-state index contributed by atoms with van der Waals surface area (Å²) in [5, 5.41) is 0. The number of rotatable bonds is 9. The molecular formula is C13H29N3O. The summed E-state index contributed by atoms with van der Waals surface area (Å²) in [6.07, 6.45) is 1.04. The Morgan fingerprint density at radius 1 is 1.12 bits per heavy atom. The highest BCUT2D eigenvalue weighted by molar-refractivity contribution is 5.78. The Morgan fingerprint density at radius 2 is 1.71 bits per heavy atom. The Balaban J connectivity index is 4.01. The molecule has 0 rings (SSSR count). The van der Waals surface area contributed by atoms with Gasteiger partial charge < -0.3 is 15.5 Å². The molecule has 0 saturated heterocycles. The fourth-order valence-corrected chi connectivity index (χ4v) is 1.86. The van der Waals surface area contributed by atoms with Crippen molar-refractivity contribution in [3.05, 3.63) is 0 Å². The molecule has 1 unspecified atom stereocenters. The van der Waals surface area contributed by atoms with Crippen LogP contribution in [0.25, 0.3) is 0 Å². The quantitative estimate of drug-likeness (QED) is 0.661. The molecule has 0 aliphatic rings. The second-order valence-corrected chi connectivity index (χ2v) is 4.44. The minimum atomic E-state index is -0.0524. The van der Waals surface area contributed by atoms with E-state index >= 15 is 0 Å². The Morgan fingerprint density at radius 3 is 2.12 bits per heavy atom. The summed E-state index contributed by atoms with van der Waals surface area (Å²) < 4.78 is 0. The van der Waals surface area contributed by atoms with E-state index in [2.05, 4.69) is 18.7 Å². The van der Waals surface area contributed by atoms with Gasteiger partial charge in [0.25, 0.3) is 0 Å². The first-order chi connectivity index (χ1) is 8.10. The maximum Gasteiger partial charge on any atom is 0.226 e. The second-order valence-electron chi connectivity index (χ2n) is 4.44. The number of nitrogens with zero attached hydrogens (tertiary/aromatic N) is 2. The number of hydrogen-bond acceptors (Lipinski definition) is 3. The van der Waals surface area contributed by atoms with Crippen molar-refractivity contribution in [2.24, 2.45) is 11.7 Å². The Kier molecular flexibility index (Phi) is 9.09. The number of hydrogen-bond donors (Lipinski definition) is 1. The third-order valence-electron chi connectivity index (χ3n) is 3.27. The third kappa shape index (κ3) is 6.03. The molecule has 0 fully saturated rings. The van der Waals surface area contributed by atoms with E-state index in [4.69, 9.17) is 5.73 Å². The Hall–Kier alpha value is -0.610. The van der Waals surface area contributed by atoms with Crippen LogP contribution in [0.4, 0.5) is 0 Å². The Labute approximate surface area is 106 Å². The monoisotopic (exact) mass is 243 g/mol. The van der Waals surface area contributed by atoms with E-state index in [-0.39, 0.29) is 11.8 Å². The van der Waals surface area contributed by atoms with E-state index in [1.165, 1.54) is 0 Å².